The molecule has 1 aromatic carbocycles. The molecule has 2 rings (SSSR count). The minimum Gasteiger partial charge on any atom is -0.496 e. The Hall–Kier alpha value is -2.13. The lowest BCUT2D eigenvalue weighted by atomic mass is 10.2. The number of aromatic nitrogens is 1. The Morgan fingerprint density at radius 1 is 1.15 bits per heavy atom. The van der Waals surface area contributed by atoms with Gasteiger partial charge in [0.25, 0.3) is 0 Å². The second-order valence-electron chi connectivity index (χ2n) is 4.70. The number of ether oxygens (including phenoxy) is 1. The topological polar surface area (TPSA) is 25.4 Å². The van der Waals surface area contributed by atoms with Gasteiger partial charge in [0, 0.05) is 31.0 Å². The van der Waals surface area contributed by atoms with Gasteiger partial charge in [-0.3, -0.25) is 9.88 Å². The number of hydrogen-bond donors (Lipinski definition) is 0. The van der Waals surface area contributed by atoms with Crippen LogP contribution in [-0.2, 0) is 6.54 Å². The highest BCUT2D eigenvalue weighted by Crippen LogP contribution is 2.18. The molecule has 1 heterocycles. The first-order valence-corrected chi connectivity index (χ1v) is 6.66. The zero-order chi connectivity index (χ0) is 14.2. The fraction of sp³-hybridized carbons (Fsp3) is 0.235. The van der Waals surface area contributed by atoms with Gasteiger partial charge in [0.2, 0.25) is 0 Å². The second-order valence-corrected chi connectivity index (χ2v) is 4.70. The summed E-state index contributed by atoms with van der Waals surface area (Å²) in [6.45, 7) is 1.80. The van der Waals surface area contributed by atoms with Gasteiger partial charge in [0.05, 0.1) is 7.11 Å². The molecular formula is C17H20N2O. The second kappa shape index (κ2) is 7.46. The van der Waals surface area contributed by atoms with Crippen molar-refractivity contribution in [2.24, 2.45) is 0 Å². The number of hydrogen-bond acceptors (Lipinski definition) is 3. The van der Waals surface area contributed by atoms with Crippen molar-refractivity contribution in [3.8, 4) is 5.75 Å². The number of methoxy groups -OCH3 is 1. The third kappa shape index (κ3) is 4.21. The van der Waals surface area contributed by atoms with E-state index in [0.717, 1.165) is 24.4 Å². The fourth-order valence-corrected chi connectivity index (χ4v) is 2.03. The molecule has 0 aliphatic carbocycles. The molecule has 0 atom stereocenters. The van der Waals surface area contributed by atoms with Crippen LogP contribution in [0.5, 0.6) is 5.75 Å². The van der Waals surface area contributed by atoms with Crippen molar-refractivity contribution in [3.63, 3.8) is 0 Å². The van der Waals surface area contributed by atoms with Crippen molar-refractivity contribution < 1.29 is 4.74 Å². The summed E-state index contributed by atoms with van der Waals surface area (Å²) in [4.78, 5) is 6.28. The molecule has 0 unspecified atom stereocenters. The molecule has 3 nitrogen and oxygen atoms in total. The fourth-order valence-electron chi connectivity index (χ4n) is 2.03. The van der Waals surface area contributed by atoms with Crippen LogP contribution in [0.4, 0.5) is 0 Å². The van der Waals surface area contributed by atoms with Crippen LogP contribution in [0.1, 0.15) is 11.1 Å². The molecule has 2 aromatic rings. The van der Waals surface area contributed by atoms with Crippen LogP contribution in [0.2, 0.25) is 0 Å². The molecule has 3 heteroatoms. The molecule has 0 saturated heterocycles. The highest BCUT2D eigenvalue weighted by molar-refractivity contribution is 5.57. The summed E-state index contributed by atoms with van der Waals surface area (Å²) in [6, 6.07) is 12.1. The molecular weight excluding hydrogens is 248 g/mol. The summed E-state index contributed by atoms with van der Waals surface area (Å²) < 4.78 is 5.33. The van der Waals surface area contributed by atoms with Crippen molar-refractivity contribution in [3.05, 3.63) is 66.0 Å². The van der Waals surface area contributed by atoms with Crippen molar-refractivity contribution in [1.29, 1.82) is 0 Å². The lowest BCUT2D eigenvalue weighted by Crippen LogP contribution is -2.17. The third-order valence-corrected chi connectivity index (χ3v) is 3.06. The van der Waals surface area contributed by atoms with Crippen LogP contribution in [-0.4, -0.2) is 30.6 Å². The largest absolute Gasteiger partial charge is 0.496 e. The maximum Gasteiger partial charge on any atom is 0.126 e. The number of pyridine rings is 1. The molecule has 0 radical (unpaired) electrons. The first-order valence-electron chi connectivity index (χ1n) is 6.66. The predicted molar refractivity (Wildman–Crippen MR) is 82.6 cm³/mol. The maximum atomic E-state index is 5.33. The molecule has 0 aliphatic rings. The molecule has 20 heavy (non-hydrogen) atoms. The average Bonchev–Trinajstić information content (AvgIpc) is 2.49. The first kappa shape index (κ1) is 14.3. The van der Waals surface area contributed by atoms with Crippen LogP contribution < -0.4 is 4.74 Å². The summed E-state index contributed by atoms with van der Waals surface area (Å²) in [5, 5.41) is 0. The van der Waals surface area contributed by atoms with Crippen LogP contribution in [0, 0.1) is 0 Å². The minimum atomic E-state index is 0.889. The van der Waals surface area contributed by atoms with E-state index in [-0.39, 0.29) is 0 Å². The molecule has 0 N–H and O–H groups in total. The van der Waals surface area contributed by atoms with Crippen molar-refractivity contribution in [2.75, 3.05) is 20.7 Å². The quantitative estimate of drug-likeness (QED) is 0.804. The number of benzene rings is 1. The Balaban J connectivity index is 1.89. The normalized spacial score (nSPS) is 11.2. The predicted octanol–water partition coefficient (Wildman–Crippen LogP) is 3.24. The Bertz CT molecular complexity index is 552. The van der Waals surface area contributed by atoms with E-state index in [4.69, 9.17) is 4.74 Å². The Labute approximate surface area is 120 Å². The molecule has 0 amide bonds. The first-order chi connectivity index (χ1) is 9.79. The Morgan fingerprint density at radius 3 is 2.65 bits per heavy atom. The lowest BCUT2D eigenvalue weighted by molar-refractivity contribution is 0.364. The Kier molecular flexibility index (Phi) is 5.33. The minimum absolute atomic E-state index is 0.889. The van der Waals surface area contributed by atoms with E-state index in [2.05, 4.69) is 35.1 Å². The highest BCUT2D eigenvalue weighted by atomic mass is 16.5. The van der Waals surface area contributed by atoms with Gasteiger partial charge in [-0.25, -0.2) is 0 Å². The summed E-state index contributed by atoms with van der Waals surface area (Å²) in [5.74, 6) is 0.903. The molecule has 104 valence electrons. The molecule has 0 fully saturated rings. The molecule has 0 spiro atoms. The van der Waals surface area contributed by atoms with E-state index in [9.17, 15) is 0 Å². The number of rotatable bonds is 6. The number of nitrogens with zero attached hydrogens (tertiary/aromatic N) is 2. The van der Waals surface area contributed by atoms with Gasteiger partial charge in [-0.1, -0.05) is 30.4 Å². The standard InChI is InChI=1S/C17H20N2O/c1-19(14-15-9-11-18-12-10-15)13-5-7-16-6-3-4-8-17(16)20-2/h3-12H,13-14H2,1-2H3. The highest BCUT2D eigenvalue weighted by Gasteiger charge is 1.99. The van der Waals surface area contributed by atoms with Gasteiger partial charge >= 0.3 is 0 Å². The summed E-state index contributed by atoms with van der Waals surface area (Å²) in [5.41, 5.74) is 2.38. The molecule has 1 aromatic heterocycles. The lowest BCUT2D eigenvalue weighted by Gasteiger charge is -2.14. The number of likely N-dealkylation sites (N-methyl/N-ethyl adjacent to an activating group) is 1. The van der Waals surface area contributed by atoms with Crippen molar-refractivity contribution in [1.82, 2.24) is 9.88 Å². The van der Waals surface area contributed by atoms with E-state index in [1.165, 1.54) is 5.56 Å². The summed E-state index contributed by atoms with van der Waals surface area (Å²) >= 11 is 0. The van der Waals surface area contributed by atoms with E-state index >= 15 is 0 Å². The van der Waals surface area contributed by atoms with E-state index in [1.807, 2.05) is 42.7 Å². The SMILES string of the molecule is COc1ccccc1C=CCN(C)Cc1ccncc1. The summed E-state index contributed by atoms with van der Waals surface area (Å²) in [7, 11) is 3.80. The summed E-state index contributed by atoms with van der Waals surface area (Å²) in [6.07, 6.45) is 7.91. The van der Waals surface area contributed by atoms with E-state index in [1.54, 1.807) is 7.11 Å². The van der Waals surface area contributed by atoms with Gasteiger partial charge in [-0.05, 0) is 30.8 Å². The van der Waals surface area contributed by atoms with Gasteiger partial charge in [0.15, 0.2) is 0 Å². The van der Waals surface area contributed by atoms with Gasteiger partial charge in [0.1, 0.15) is 5.75 Å². The molecule has 0 saturated carbocycles. The van der Waals surface area contributed by atoms with Gasteiger partial charge < -0.3 is 4.74 Å². The molecule has 0 bridgehead atoms. The zero-order valence-corrected chi connectivity index (χ0v) is 12.0. The van der Waals surface area contributed by atoms with Gasteiger partial charge in [-0.15, -0.1) is 0 Å². The van der Waals surface area contributed by atoms with Crippen LogP contribution in [0.3, 0.4) is 0 Å². The van der Waals surface area contributed by atoms with Crippen molar-refractivity contribution >= 4 is 6.08 Å². The van der Waals surface area contributed by atoms with E-state index < -0.39 is 0 Å². The maximum absolute atomic E-state index is 5.33. The zero-order valence-electron chi connectivity index (χ0n) is 12.0. The van der Waals surface area contributed by atoms with Crippen LogP contribution in [0.15, 0.2) is 54.9 Å². The average molecular weight is 268 g/mol. The number of para-hydroxylation sites is 1. The van der Waals surface area contributed by atoms with Crippen molar-refractivity contribution in [2.45, 2.75) is 6.54 Å². The van der Waals surface area contributed by atoms with E-state index in [0.29, 0.717) is 0 Å². The Morgan fingerprint density at radius 2 is 1.90 bits per heavy atom. The third-order valence-electron chi connectivity index (χ3n) is 3.06. The van der Waals surface area contributed by atoms with Crippen LogP contribution >= 0.6 is 0 Å². The van der Waals surface area contributed by atoms with Crippen LogP contribution in [0.25, 0.3) is 6.08 Å². The monoisotopic (exact) mass is 268 g/mol. The van der Waals surface area contributed by atoms with Gasteiger partial charge in [-0.2, -0.15) is 0 Å². The molecule has 0 aliphatic heterocycles. The smallest absolute Gasteiger partial charge is 0.126 e.